The number of nitrogens with zero attached hydrogens (tertiary/aromatic N) is 2. The number of hydrogen-bond acceptors (Lipinski definition) is 2. The molecule has 2 heteroatoms. The van der Waals surface area contributed by atoms with Gasteiger partial charge in [-0.1, -0.05) is 19.2 Å². The average Bonchev–Trinajstić information content (AvgIpc) is 2.00. The molecule has 0 N–H and O–H groups in total. The first-order valence-corrected chi connectivity index (χ1v) is 3.89. The normalized spacial score (nSPS) is 12.6. The maximum atomic E-state index is 4.24. The molecule has 0 aromatic carbocycles. The van der Waals surface area contributed by atoms with E-state index in [-0.39, 0.29) is 5.54 Å². The second-order valence-electron chi connectivity index (χ2n) is 2.91. The lowest BCUT2D eigenvalue weighted by atomic mass is 10.0. The lowest BCUT2D eigenvalue weighted by molar-refractivity contribution is 0.614. The fourth-order valence-corrected chi connectivity index (χ4v) is 0.698. The molecule has 0 heterocycles. The molecule has 0 aromatic heterocycles. The molecule has 2 nitrogen and oxygen atoms in total. The molecule has 0 atom stereocenters. The third-order valence-corrected chi connectivity index (χ3v) is 1.49. The van der Waals surface area contributed by atoms with E-state index < -0.39 is 0 Å². The van der Waals surface area contributed by atoms with Crippen molar-refractivity contribution in [2.24, 2.45) is 9.98 Å². The predicted molar refractivity (Wildman–Crippen MR) is 56.1 cm³/mol. The molecule has 66 valence electrons. The van der Waals surface area contributed by atoms with Gasteiger partial charge in [0.25, 0.3) is 0 Å². The summed E-state index contributed by atoms with van der Waals surface area (Å²) in [6.45, 7) is 13.2. The van der Waals surface area contributed by atoms with Crippen molar-refractivity contribution in [3.05, 3.63) is 24.9 Å². The maximum absolute atomic E-state index is 4.24. The van der Waals surface area contributed by atoms with E-state index in [1.54, 1.807) is 18.5 Å². The van der Waals surface area contributed by atoms with Gasteiger partial charge in [-0.2, -0.15) is 0 Å². The first-order chi connectivity index (χ1) is 5.54. The van der Waals surface area contributed by atoms with Crippen LogP contribution in [-0.4, -0.2) is 18.0 Å². The van der Waals surface area contributed by atoms with Crippen molar-refractivity contribution in [3.8, 4) is 0 Å². The Labute approximate surface area is 74.4 Å². The van der Waals surface area contributed by atoms with Crippen molar-refractivity contribution >= 4 is 12.4 Å². The fraction of sp³-hybridized carbons (Fsp3) is 0.400. The zero-order valence-electron chi connectivity index (χ0n) is 8.04. The number of rotatable bonds is 4. The van der Waals surface area contributed by atoms with Gasteiger partial charge in [-0.3, -0.25) is 9.98 Å². The molecular formula is C10H16N2. The van der Waals surface area contributed by atoms with Gasteiger partial charge in [0.15, 0.2) is 0 Å². The minimum Gasteiger partial charge on any atom is -0.285 e. The van der Waals surface area contributed by atoms with Crippen LogP contribution in [0.3, 0.4) is 0 Å². The van der Waals surface area contributed by atoms with E-state index >= 15 is 0 Å². The quantitative estimate of drug-likeness (QED) is 0.571. The smallest absolute Gasteiger partial charge is 0.0959 e. The van der Waals surface area contributed by atoms with Crippen LogP contribution < -0.4 is 0 Å². The van der Waals surface area contributed by atoms with E-state index in [4.69, 9.17) is 0 Å². The van der Waals surface area contributed by atoms with Gasteiger partial charge in [0.2, 0.25) is 0 Å². The second-order valence-corrected chi connectivity index (χ2v) is 2.91. The largest absolute Gasteiger partial charge is 0.285 e. The summed E-state index contributed by atoms with van der Waals surface area (Å²) in [5, 5.41) is 0. The summed E-state index contributed by atoms with van der Waals surface area (Å²) in [7, 11) is 0. The fourth-order valence-electron chi connectivity index (χ4n) is 0.698. The van der Waals surface area contributed by atoms with Crippen LogP contribution in [0.25, 0.3) is 0 Å². The molecule has 0 aliphatic heterocycles. The lowest BCUT2D eigenvalue weighted by Gasteiger charge is -2.18. The number of allylic oxidation sites excluding steroid dienone is 1. The van der Waals surface area contributed by atoms with Crippen LogP contribution in [0.2, 0.25) is 0 Å². The highest BCUT2D eigenvalue weighted by molar-refractivity contribution is 5.71. The van der Waals surface area contributed by atoms with Crippen molar-refractivity contribution in [1.29, 1.82) is 0 Å². The molecule has 0 radical (unpaired) electrons. The van der Waals surface area contributed by atoms with Crippen molar-refractivity contribution in [1.82, 2.24) is 0 Å². The number of aliphatic imine (C=N–C) groups is 2. The molecule has 0 saturated heterocycles. The summed E-state index contributed by atoms with van der Waals surface area (Å²) in [6, 6.07) is 0. The van der Waals surface area contributed by atoms with Gasteiger partial charge >= 0.3 is 0 Å². The SMILES string of the molecule is C=C/C=N\C(=C)C(C)(C)/N=C\C. The lowest BCUT2D eigenvalue weighted by Crippen LogP contribution is -2.18. The molecule has 0 bridgehead atoms. The van der Waals surface area contributed by atoms with Crippen molar-refractivity contribution < 1.29 is 0 Å². The zero-order chi connectivity index (χ0) is 9.61. The first-order valence-electron chi connectivity index (χ1n) is 3.89. The molecular weight excluding hydrogens is 148 g/mol. The van der Waals surface area contributed by atoms with Gasteiger partial charge in [0.05, 0.1) is 11.2 Å². The Morgan fingerprint density at radius 2 is 2.00 bits per heavy atom. The van der Waals surface area contributed by atoms with Crippen LogP contribution in [0.15, 0.2) is 34.9 Å². The summed E-state index contributed by atoms with van der Waals surface area (Å²) in [6.07, 6.45) is 5.00. The van der Waals surface area contributed by atoms with Gasteiger partial charge in [-0.15, -0.1) is 0 Å². The molecule has 0 aromatic rings. The van der Waals surface area contributed by atoms with Gasteiger partial charge in [-0.05, 0) is 27.0 Å². The summed E-state index contributed by atoms with van der Waals surface area (Å²) in [4.78, 5) is 8.32. The highest BCUT2D eigenvalue weighted by Gasteiger charge is 2.17. The highest BCUT2D eigenvalue weighted by atomic mass is 14.9. The Balaban J connectivity index is 4.45. The topological polar surface area (TPSA) is 24.7 Å². The molecule has 0 fully saturated rings. The zero-order valence-corrected chi connectivity index (χ0v) is 8.04. The van der Waals surface area contributed by atoms with E-state index in [2.05, 4.69) is 23.1 Å². The highest BCUT2D eigenvalue weighted by Crippen LogP contribution is 2.19. The van der Waals surface area contributed by atoms with E-state index in [0.717, 1.165) is 5.70 Å². The molecule has 0 rings (SSSR count). The molecule has 0 aliphatic carbocycles. The van der Waals surface area contributed by atoms with Crippen molar-refractivity contribution in [2.45, 2.75) is 26.3 Å². The summed E-state index contributed by atoms with van der Waals surface area (Å²) in [5.41, 5.74) is 0.425. The Hall–Kier alpha value is -1.18. The molecule has 0 amide bonds. The van der Waals surface area contributed by atoms with Crippen LogP contribution in [0, 0.1) is 0 Å². The van der Waals surface area contributed by atoms with Crippen LogP contribution in [0.4, 0.5) is 0 Å². The monoisotopic (exact) mass is 164 g/mol. The first kappa shape index (κ1) is 10.8. The van der Waals surface area contributed by atoms with E-state index in [9.17, 15) is 0 Å². The van der Waals surface area contributed by atoms with Gasteiger partial charge < -0.3 is 0 Å². The van der Waals surface area contributed by atoms with Gasteiger partial charge in [0, 0.05) is 6.21 Å². The Bertz CT molecular complexity index is 222. The molecule has 0 aliphatic rings. The summed E-state index contributed by atoms with van der Waals surface area (Å²) >= 11 is 0. The van der Waals surface area contributed by atoms with E-state index in [0.29, 0.717) is 0 Å². The van der Waals surface area contributed by atoms with E-state index in [1.807, 2.05) is 20.8 Å². The van der Waals surface area contributed by atoms with Gasteiger partial charge in [0.1, 0.15) is 0 Å². The minimum atomic E-state index is -0.311. The average molecular weight is 164 g/mol. The minimum absolute atomic E-state index is 0.311. The van der Waals surface area contributed by atoms with Crippen molar-refractivity contribution in [2.75, 3.05) is 0 Å². The van der Waals surface area contributed by atoms with Gasteiger partial charge in [-0.25, -0.2) is 0 Å². The summed E-state index contributed by atoms with van der Waals surface area (Å²) < 4.78 is 0. The summed E-state index contributed by atoms with van der Waals surface area (Å²) in [5.74, 6) is 0. The Morgan fingerprint density at radius 1 is 1.42 bits per heavy atom. The van der Waals surface area contributed by atoms with E-state index in [1.165, 1.54) is 0 Å². The molecule has 0 unspecified atom stereocenters. The maximum Gasteiger partial charge on any atom is 0.0959 e. The molecule has 0 saturated carbocycles. The van der Waals surface area contributed by atoms with Crippen LogP contribution in [0.5, 0.6) is 0 Å². The third-order valence-electron chi connectivity index (χ3n) is 1.49. The molecule has 0 spiro atoms. The van der Waals surface area contributed by atoms with Crippen LogP contribution in [0.1, 0.15) is 20.8 Å². The standard InChI is InChI=1S/C10H16N2/c1-6-8-11-9(3)10(4,5)12-7-2/h6-8H,1,3H2,2,4-5H3/b11-8-,12-7-. The predicted octanol–water partition coefficient (Wildman–Crippen LogP) is 2.63. The Morgan fingerprint density at radius 3 is 2.42 bits per heavy atom. The van der Waals surface area contributed by atoms with Crippen LogP contribution in [-0.2, 0) is 0 Å². The van der Waals surface area contributed by atoms with Crippen LogP contribution >= 0.6 is 0 Å². The Kier molecular flexibility index (Phi) is 4.19. The van der Waals surface area contributed by atoms with Crippen molar-refractivity contribution in [3.63, 3.8) is 0 Å². The second kappa shape index (κ2) is 4.65. The number of hydrogen-bond donors (Lipinski definition) is 0. The molecule has 12 heavy (non-hydrogen) atoms. The third kappa shape index (κ3) is 3.28.